The van der Waals surface area contributed by atoms with Gasteiger partial charge in [-0.1, -0.05) is 6.07 Å². The Labute approximate surface area is 129 Å². The molecule has 118 valence electrons. The van der Waals surface area contributed by atoms with Gasteiger partial charge in [0, 0.05) is 25.6 Å². The number of rotatable bonds is 5. The molecule has 5 nitrogen and oxygen atoms in total. The minimum Gasteiger partial charge on any atom is -0.494 e. The molecule has 1 aliphatic rings. The fraction of sp³-hybridized carbons (Fsp3) is 0.500. The minimum atomic E-state index is -0.429. The molecule has 1 heterocycles. The van der Waals surface area contributed by atoms with Gasteiger partial charge in [-0.2, -0.15) is 0 Å². The van der Waals surface area contributed by atoms with Crippen LogP contribution in [0.15, 0.2) is 18.2 Å². The van der Waals surface area contributed by atoms with E-state index < -0.39 is 5.82 Å². The van der Waals surface area contributed by atoms with E-state index in [-0.39, 0.29) is 30.1 Å². The molecular formula is C14H20ClFN2O3. The molecule has 1 amide bonds. The second-order valence-electron chi connectivity index (χ2n) is 4.68. The van der Waals surface area contributed by atoms with Gasteiger partial charge in [0.2, 0.25) is 5.91 Å². The van der Waals surface area contributed by atoms with Gasteiger partial charge in [-0.25, -0.2) is 4.39 Å². The number of methoxy groups -OCH3 is 1. The van der Waals surface area contributed by atoms with Crippen LogP contribution >= 0.6 is 12.4 Å². The topological polar surface area (TPSA) is 59.6 Å². The molecule has 7 heteroatoms. The highest BCUT2D eigenvalue weighted by atomic mass is 35.5. The summed E-state index contributed by atoms with van der Waals surface area (Å²) in [7, 11) is 1.42. The molecule has 0 aromatic heterocycles. The van der Waals surface area contributed by atoms with Crippen LogP contribution in [0.3, 0.4) is 0 Å². The van der Waals surface area contributed by atoms with Gasteiger partial charge >= 0.3 is 0 Å². The van der Waals surface area contributed by atoms with Crippen LogP contribution in [0, 0.1) is 5.82 Å². The molecule has 0 radical (unpaired) electrons. The van der Waals surface area contributed by atoms with Crippen molar-refractivity contribution in [2.75, 3.05) is 26.9 Å². The van der Waals surface area contributed by atoms with E-state index in [9.17, 15) is 9.18 Å². The maximum absolute atomic E-state index is 13.5. The molecule has 1 unspecified atom stereocenters. The second kappa shape index (κ2) is 8.81. The number of nitrogens with one attached hydrogen (secondary N) is 2. The van der Waals surface area contributed by atoms with E-state index in [1.54, 1.807) is 12.1 Å². The summed E-state index contributed by atoms with van der Waals surface area (Å²) < 4.78 is 23.6. The van der Waals surface area contributed by atoms with Gasteiger partial charge in [-0.15, -0.1) is 12.4 Å². The fourth-order valence-electron chi connectivity index (χ4n) is 2.07. The summed E-state index contributed by atoms with van der Waals surface area (Å²) in [6.45, 7) is 2.29. The number of benzene rings is 1. The Kier molecular flexibility index (Phi) is 7.42. The average molecular weight is 319 g/mol. The second-order valence-corrected chi connectivity index (χ2v) is 4.68. The van der Waals surface area contributed by atoms with Gasteiger partial charge in [-0.3, -0.25) is 4.79 Å². The summed E-state index contributed by atoms with van der Waals surface area (Å²) >= 11 is 0. The highest BCUT2D eigenvalue weighted by molar-refractivity contribution is 5.85. The number of carbonyl (C=O) groups excluding carboxylic acids is 1. The number of ether oxygens (including phenoxy) is 2. The molecule has 0 bridgehead atoms. The largest absolute Gasteiger partial charge is 0.494 e. The van der Waals surface area contributed by atoms with E-state index in [0.29, 0.717) is 31.7 Å². The average Bonchev–Trinajstić information content (AvgIpc) is 2.46. The Morgan fingerprint density at radius 2 is 2.38 bits per heavy atom. The SMILES string of the molecule is COc1ccc(CNC(=O)CC2COCCN2)cc1F.Cl. The van der Waals surface area contributed by atoms with Crippen molar-refractivity contribution in [3.05, 3.63) is 29.6 Å². The summed E-state index contributed by atoms with van der Waals surface area (Å²) in [5.74, 6) is -0.311. The Bertz CT molecular complexity index is 468. The molecule has 2 N–H and O–H groups in total. The van der Waals surface area contributed by atoms with E-state index >= 15 is 0 Å². The number of morpholine rings is 1. The van der Waals surface area contributed by atoms with Gasteiger partial charge in [0.25, 0.3) is 0 Å². The van der Waals surface area contributed by atoms with Crippen molar-refractivity contribution in [1.29, 1.82) is 0 Å². The lowest BCUT2D eigenvalue weighted by Gasteiger charge is -2.23. The summed E-state index contributed by atoms with van der Waals surface area (Å²) in [5, 5.41) is 5.98. The van der Waals surface area contributed by atoms with Crippen LogP contribution in [0.2, 0.25) is 0 Å². The highest BCUT2D eigenvalue weighted by Gasteiger charge is 2.16. The summed E-state index contributed by atoms with van der Waals surface area (Å²) in [6, 6.07) is 4.69. The van der Waals surface area contributed by atoms with Crippen molar-refractivity contribution in [3.8, 4) is 5.75 Å². The van der Waals surface area contributed by atoms with Crippen LogP contribution in [0.25, 0.3) is 0 Å². The molecule has 1 aromatic rings. The quantitative estimate of drug-likeness (QED) is 0.858. The molecule has 1 saturated heterocycles. The van der Waals surface area contributed by atoms with Crippen molar-refractivity contribution in [2.45, 2.75) is 19.0 Å². The van der Waals surface area contributed by atoms with Gasteiger partial charge in [0.1, 0.15) is 0 Å². The van der Waals surface area contributed by atoms with Gasteiger partial charge in [-0.05, 0) is 17.7 Å². The van der Waals surface area contributed by atoms with Crippen molar-refractivity contribution in [2.24, 2.45) is 0 Å². The monoisotopic (exact) mass is 318 g/mol. The predicted molar refractivity (Wildman–Crippen MR) is 79.3 cm³/mol. The lowest BCUT2D eigenvalue weighted by Crippen LogP contribution is -2.44. The Morgan fingerprint density at radius 1 is 1.57 bits per heavy atom. The Morgan fingerprint density at radius 3 is 3.00 bits per heavy atom. The molecule has 0 saturated carbocycles. The summed E-state index contributed by atoms with van der Waals surface area (Å²) in [6.07, 6.45) is 0.360. The smallest absolute Gasteiger partial charge is 0.221 e. The molecule has 1 atom stereocenters. The predicted octanol–water partition coefficient (Wildman–Crippen LogP) is 1.25. The lowest BCUT2D eigenvalue weighted by molar-refractivity contribution is -0.122. The maximum Gasteiger partial charge on any atom is 0.221 e. The van der Waals surface area contributed by atoms with E-state index in [1.807, 2.05) is 0 Å². The molecule has 1 aromatic carbocycles. The third-order valence-corrected chi connectivity index (χ3v) is 3.14. The van der Waals surface area contributed by atoms with E-state index in [2.05, 4.69) is 10.6 Å². The summed E-state index contributed by atoms with van der Waals surface area (Å²) in [4.78, 5) is 11.8. The first kappa shape index (κ1) is 17.7. The zero-order chi connectivity index (χ0) is 14.4. The number of halogens is 2. The molecule has 1 fully saturated rings. The van der Waals surface area contributed by atoms with Crippen molar-refractivity contribution >= 4 is 18.3 Å². The Hall–Kier alpha value is -1.37. The van der Waals surface area contributed by atoms with E-state index in [1.165, 1.54) is 13.2 Å². The number of hydrogen-bond acceptors (Lipinski definition) is 4. The van der Waals surface area contributed by atoms with Crippen molar-refractivity contribution in [1.82, 2.24) is 10.6 Å². The third kappa shape index (κ3) is 5.49. The normalized spacial score (nSPS) is 17.7. The molecule has 0 aliphatic carbocycles. The van der Waals surface area contributed by atoms with Gasteiger partial charge < -0.3 is 20.1 Å². The number of hydrogen-bond donors (Lipinski definition) is 2. The molecule has 2 rings (SSSR count). The van der Waals surface area contributed by atoms with Crippen LogP contribution in [0.1, 0.15) is 12.0 Å². The standard InChI is InChI=1S/C14H19FN2O3.ClH/c1-19-13-3-2-10(6-12(13)15)8-17-14(18)7-11-9-20-5-4-16-11;/h2-3,6,11,16H,4-5,7-9H2,1H3,(H,17,18);1H. The summed E-state index contributed by atoms with van der Waals surface area (Å²) in [5.41, 5.74) is 0.699. The number of carbonyl (C=O) groups is 1. The Balaban J connectivity index is 0.00000220. The first-order valence-corrected chi connectivity index (χ1v) is 6.59. The maximum atomic E-state index is 13.5. The van der Waals surface area contributed by atoms with Crippen LogP contribution in [-0.2, 0) is 16.1 Å². The third-order valence-electron chi connectivity index (χ3n) is 3.14. The first-order chi connectivity index (χ1) is 9.69. The van der Waals surface area contributed by atoms with Crippen LogP contribution in [0.5, 0.6) is 5.75 Å². The molecule has 21 heavy (non-hydrogen) atoms. The molecular weight excluding hydrogens is 299 g/mol. The first-order valence-electron chi connectivity index (χ1n) is 6.59. The zero-order valence-electron chi connectivity index (χ0n) is 11.9. The van der Waals surface area contributed by atoms with Crippen LogP contribution in [0.4, 0.5) is 4.39 Å². The zero-order valence-corrected chi connectivity index (χ0v) is 12.7. The van der Waals surface area contributed by atoms with Crippen LogP contribution < -0.4 is 15.4 Å². The van der Waals surface area contributed by atoms with Crippen molar-refractivity contribution < 1.29 is 18.7 Å². The van der Waals surface area contributed by atoms with Crippen molar-refractivity contribution in [3.63, 3.8) is 0 Å². The van der Waals surface area contributed by atoms with Crippen LogP contribution in [-0.4, -0.2) is 38.8 Å². The van der Waals surface area contributed by atoms with Gasteiger partial charge in [0.15, 0.2) is 11.6 Å². The highest BCUT2D eigenvalue weighted by Crippen LogP contribution is 2.17. The molecule has 1 aliphatic heterocycles. The van der Waals surface area contributed by atoms with Gasteiger partial charge in [0.05, 0.1) is 20.3 Å². The molecule has 0 spiro atoms. The van der Waals surface area contributed by atoms with E-state index in [0.717, 1.165) is 6.54 Å². The minimum absolute atomic E-state index is 0. The number of amides is 1. The fourth-order valence-corrected chi connectivity index (χ4v) is 2.07. The lowest BCUT2D eigenvalue weighted by atomic mass is 10.1. The van der Waals surface area contributed by atoms with E-state index in [4.69, 9.17) is 9.47 Å².